The van der Waals surface area contributed by atoms with Crippen LogP contribution in [0.1, 0.15) is 55.4 Å². The second kappa shape index (κ2) is 7.91. The molecule has 0 spiro atoms. The highest BCUT2D eigenvalue weighted by atomic mass is 32.1. The van der Waals surface area contributed by atoms with Gasteiger partial charge in [-0.25, -0.2) is 4.98 Å². The SMILES string of the molecule is COc1cc2nn(C3CCC(C(C)C)CC3)cc2cc1NC(=O)c1nccs1. The molecule has 7 heteroatoms. The minimum atomic E-state index is -0.230. The van der Waals surface area contributed by atoms with Gasteiger partial charge >= 0.3 is 0 Å². The number of aromatic nitrogens is 3. The Hall–Kier alpha value is -2.41. The number of nitrogens with one attached hydrogen (secondary N) is 1. The molecular weight excluding hydrogens is 372 g/mol. The van der Waals surface area contributed by atoms with Crippen molar-refractivity contribution >= 4 is 33.8 Å². The van der Waals surface area contributed by atoms with Gasteiger partial charge in [-0.3, -0.25) is 9.48 Å². The summed E-state index contributed by atoms with van der Waals surface area (Å²) >= 11 is 1.31. The largest absolute Gasteiger partial charge is 0.494 e. The van der Waals surface area contributed by atoms with Crippen molar-refractivity contribution in [3.63, 3.8) is 0 Å². The number of anilines is 1. The van der Waals surface area contributed by atoms with Gasteiger partial charge in [0.25, 0.3) is 5.91 Å². The second-order valence-electron chi connectivity index (χ2n) is 7.82. The number of benzene rings is 1. The lowest BCUT2D eigenvalue weighted by Gasteiger charge is -2.30. The van der Waals surface area contributed by atoms with Gasteiger partial charge in [0.2, 0.25) is 0 Å². The minimum absolute atomic E-state index is 0.230. The number of carbonyl (C=O) groups is 1. The van der Waals surface area contributed by atoms with E-state index in [1.807, 2.05) is 12.1 Å². The number of thiazole rings is 1. The van der Waals surface area contributed by atoms with Crippen molar-refractivity contribution in [3.05, 3.63) is 34.9 Å². The number of amides is 1. The predicted octanol–water partition coefficient (Wildman–Crippen LogP) is 5.14. The maximum Gasteiger partial charge on any atom is 0.284 e. The first-order chi connectivity index (χ1) is 13.5. The zero-order chi connectivity index (χ0) is 19.7. The van der Waals surface area contributed by atoms with Crippen LogP contribution in [0.4, 0.5) is 5.69 Å². The third-order valence-electron chi connectivity index (χ3n) is 5.78. The molecule has 0 radical (unpaired) electrons. The van der Waals surface area contributed by atoms with Gasteiger partial charge in [-0.15, -0.1) is 11.3 Å². The van der Waals surface area contributed by atoms with Crippen LogP contribution in [0.5, 0.6) is 5.75 Å². The Bertz CT molecular complexity index is 956. The van der Waals surface area contributed by atoms with Crippen LogP contribution in [0.2, 0.25) is 0 Å². The molecule has 0 unspecified atom stereocenters. The number of ether oxygens (including phenoxy) is 1. The topological polar surface area (TPSA) is 69.0 Å². The summed E-state index contributed by atoms with van der Waals surface area (Å²) in [4.78, 5) is 16.4. The van der Waals surface area contributed by atoms with Gasteiger partial charge in [0.1, 0.15) is 5.75 Å². The van der Waals surface area contributed by atoms with E-state index in [0.717, 1.165) is 22.7 Å². The lowest BCUT2D eigenvalue weighted by Crippen LogP contribution is -2.21. The monoisotopic (exact) mass is 398 g/mol. The summed E-state index contributed by atoms with van der Waals surface area (Å²) in [7, 11) is 1.60. The maximum absolute atomic E-state index is 12.4. The fraction of sp³-hybridized carbons (Fsp3) is 0.476. The van der Waals surface area contributed by atoms with Gasteiger partial charge in [0, 0.05) is 29.2 Å². The Kier molecular flexibility index (Phi) is 5.35. The molecule has 0 saturated heterocycles. The first-order valence-corrected chi connectivity index (χ1v) is 10.7. The van der Waals surface area contributed by atoms with Gasteiger partial charge in [-0.05, 0) is 43.6 Å². The number of fused-ring (bicyclic) bond motifs is 1. The van der Waals surface area contributed by atoms with Crippen molar-refractivity contribution in [2.75, 3.05) is 12.4 Å². The van der Waals surface area contributed by atoms with E-state index in [1.165, 1.54) is 37.0 Å². The highest BCUT2D eigenvalue weighted by Gasteiger charge is 2.25. The van der Waals surface area contributed by atoms with Crippen LogP contribution in [0, 0.1) is 11.8 Å². The van der Waals surface area contributed by atoms with Gasteiger partial charge in [-0.2, -0.15) is 5.10 Å². The summed E-state index contributed by atoms with van der Waals surface area (Å²) in [6, 6.07) is 4.27. The highest BCUT2D eigenvalue weighted by molar-refractivity contribution is 7.11. The summed E-state index contributed by atoms with van der Waals surface area (Å²) < 4.78 is 7.59. The molecule has 1 aliphatic rings. The minimum Gasteiger partial charge on any atom is -0.494 e. The van der Waals surface area contributed by atoms with Crippen molar-refractivity contribution < 1.29 is 9.53 Å². The first-order valence-electron chi connectivity index (χ1n) is 9.83. The molecule has 1 aliphatic carbocycles. The second-order valence-corrected chi connectivity index (χ2v) is 8.72. The summed E-state index contributed by atoms with van der Waals surface area (Å²) in [6.07, 6.45) is 8.57. The summed E-state index contributed by atoms with van der Waals surface area (Å²) in [5.74, 6) is 1.96. The molecule has 0 bridgehead atoms. The molecule has 3 aromatic rings. The zero-order valence-corrected chi connectivity index (χ0v) is 17.3. The highest BCUT2D eigenvalue weighted by Crippen LogP contribution is 2.37. The van der Waals surface area contributed by atoms with Crippen molar-refractivity contribution in [1.82, 2.24) is 14.8 Å². The Morgan fingerprint density at radius 3 is 2.71 bits per heavy atom. The number of methoxy groups -OCH3 is 1. The van der Waals surface area contributed by atoms with Crippen LogP contribution < -0.4 is 10.1 Å². The van der Waals surface area contributed by atoms with E-state index in [0.29, 0.717) is 22.5 Å². The van der Waals surface area contributed by atoms with E-state index in [1.54, 1.807) is 18.7 Å². The molecule has 2 heterocycles. The van der Waals surface area contributed by atoms with Gasteiger partial charge < -0.3 is 10.1 Å². The molecule has 148 valence electrons. The average Bonchev–Trinajstić information content (AvgIpc) is 3.37. The van der Waals surface area contributed by atoms with E-state index in [4.69, 9.17) is 9.84 Å². The molecule has 6 nitrogen and oxygen atoms in total. The zero-order valence-electron chi connectivity index (χ0n) is 16.5. The molecule has 0 atom stereocenters. The fourth-order valence-corrected chi connectivity index (χ4v) is 4.60. The molecular formula is C21H26N4O2S. The van der Waals surface area contributed by atoms with Crippen LogP contribution in [0.25, 0.3) is 10.9 Å². The molecule has 0 aliphatic heterocycles. The Morgan fingerprint density at radius 2 is 2.07 bits per heavy atom. The summed E-state index contributed by atoms with van der Waals surface area (Å²) in [5, 5.41) is 10.9. The lowest BCUT2D eigenvalue weighted by atomic mass is 9.80. The van der Waals surface area contributed by atoms with E-state index in [9.17, 15) is 4.79 Å². The summed E-state index contributed by atoms with van der Waals surface area (Å²) in [5.41, 5.74) is 1.52. The molecule has 2 aromatic heterocycles. The van der Waals surface area contributed by atoms with Crippen LogP contribution in [-0.4, -0.2) is 27.8 Å². The standard InChI is InChI=1S/C21H26N4O2S/c1-13(2)14-4-6-16(7-5-14)25-12-15-10-18(19(27-3)11-17(15)24-25)23-20(26)21-22-8-9-28-21/h8-14,16H,4-7H2,1-3H3,(H,23,26). The number of carbonyl (C=O) groups excluding carboxylic acids is 1. The van der Waals surface area contributed by atoms with Gasteiger partial charge in [-0.1, -0.05) is 13.8 Å². The Morgan fingerprint density at radius 1 is 1.29 bits per heavy atom. The smallest absolute Gasteiger partial charge is 0.284 e. The third kappa shape index (κ3) is 3.76. The van der Waals surface area contributed by atoms with Gasteiger partial charge in [0.15, 0.2) is 5.01 Å². The van der Waals surface area contributed by atoms with E-state index >= 15 is 0 Å². The van der Waals surface area contributed by atoms with E-state index in [2.05, 4.69) is 35.0 Å². The van der Waals surface area contributed by atoms with E-state index < -0.39 is 0 Å². The first kappa shape index (κ1) is 18.9. The Labute approximate surface area is 168 Å². The predicted molar refractivity (Wildman–Crippen MR) is 112 cm³/mol. The number of hydrogen-bond acceptors (Lipinski definition) is 5. The molecule has 28 heavy (non-hydrogen) atoms. The van der Waals surface area contributed by atoms with Crippen molar-refractivity contribution in [1.29, 1.82) is 0 Å². The Balaban J connectivity index is 1.57. The normalized spacial score (nSPS) is 19.9. The molecule has 4 rings (SSSR count). The third-order valence-corrected chi connectivity index (χ3v) is 6.55. The summed E-state index contributed by atoms with van der Waals surface area (Å²) in [6.45, 7) is 4.64. The molecule has 1 aromatic carbocycles. The molecule has 1 saturated carbocycles. The van der Waals surface area contributed by atoms with Crippen LogP contribution in [0.15, 0.2) is 29.9 Å². The number of hydrogen-bond donors (Lipinski definition) is 1. The maximum atomic E-state index is 12.4. The van der Waals surface area contributed by atoms with Crippen LogP contribution >= 0.6 is 11.3 Å². The quantitative estimate of drug-likeness (QED) is 0.646. The van der Waals surface area contributed by atoms with Crippen molar-refractivity contribution in [2.24, 2.45) is 11.8 Å². The van der Waals surface area contributed by atoms with Crippen molar-refractivity contribution in [2.45, 2.75) is 45.6 Å². The van der Waals surface area contributed by atoms with Crippen LogP contribution in [0.3, 0.4) is 0 Å². The van der Waals surface area contributed by atoms with Gasteiger partial charge in [0.05, 0.1) is 24.4 Å². The number of nitrogens with zero attached hydrogens (tertiary/aromatic N) is 3. The average molecular weight is 399 g/mol. The lowest BCUT2D eigenvalue weighted by molar-refractivity contribution is 0.102. The van der Waals surface area contributed by atoms with Crippen molar-refractivity contribution in [3.8, 4) is 5.75 Å². The molecule has 1 fully saturated rings. The number of rotatable bonds is 5. The van der Waals surface area contributed by atoms with Crippen LogP contribution in [-0.2, 0) is 0 Å². The molecule has 1 N–H and O–H groups in total. The fourth-order valence-electron chi connectivity index (χ4n) is 4.07. The molecule has 1 amide bonds. The van der Waals surface area contributed by atoms with E-state index in [-0.39, 0.29) is 5.91 Å².